The molecule has 0 unspecified atom stereocenters. The number of nitrogens with one attached hydrogen (secondary N) is 1. The van der Waals surface area contributed by atoms with Gasteiger partial charge in [0.05, 0.1) is 11.3 Å². The Morgan fingerprint density at radius 3 is 2.61 bits per heavy atom. The van der Waals surface area contributed by atoms with E-state index in [1.165, 1.54) is 17.8 Å². The molecular weight excluding hydrogens is 288 g/mol. The lowest BCUT2D eigenvalue weighted by molar-refractivity contribution is 0.0982. The maximum Gasteiger partial charge on any atom is 0.211 e. The van der Waals surface area contributed by atoms with Crippen molar-refractivity contribution < 1.29 is 9.59 Å². The molecule has 4 heteroatoms. The highest BCUT2D eigenvalue weighted by molar-refractivity contribution is 6.24. The van der Waals surface area contributed by atoms with Gasteiger partial charge in [0, 0.05) is 18.0 Å². The molecule has 116 valence electrons. The fourth-order valence-corrected chi connectivity index (χ4v) is 2.58. The third-order valence-corrected chi connectivity index (χ3v) is 3.86. The molecule has 4 nitrogen and oxygen atoms in total. The number of aromatic nitrogens is 1. The van der Waals surface area contributed by atoms with E-state index in [0.717, 1.165) is 24.9 Å². The van der Waals surface area contributed by atoms with Crippen LogP contribution in [-0.4, -0.2) is 16.6 Å². The number of ketones is 2. The van der Waals surface area contributed by atoms with E-state index in [4.69, 9.17) is 0 Å². The van der Waals surface area contributed by atoms with E-state index in [2.05, 4.69) is 17.2 Å². The fraction of sp³-hybridized carbons (Fsp3) is 0.211. The van der Waals surface area contributed by atoms with Gasteiger partial charge in [0.15, 0.2) is 0 Å². The Bertz CT molecular complexity index is 776. The first-order valence-electron chi connectivity index (χ1n) is 7.80. The highest BCUT2D eigenvalue weighted by atomic mass is 16.1. The molecule has 1 aliphatic carbocycles. The zero-order valence-electron chi connectivity index (χ0n) is 13.0. The number of hydrogen-bond donors (Lipinski definition) is 1. The summed E-state index contributed by atoms with van der Waals surface area (Å²) in [4.78, 5) is 28.5. The minimum absolute atomic E-state index is 0.206. The van der Waals surface area contributed by atoms with Gasteiger partial charge in [0.1, 0.15) is 5.69 Å². The molecule has 0 amide bonds. The van der Waals surface area contributed by atoms with Crippen LogP contribution in [0, 0.1) is 0 Å². The maximum absolute atomic E-state index is 12.5. The average Bonchev–Trinajstić information content (AvgIpc) is 2.59. The molecule has 2 aromatic rings. The molecule has 0 atom stereocenters. The van der Waals surface area contributed by atoms with Crippen molar-refractivity contribution in [1.29, 1.82) is 0 Å². The first-order valence-corrected chi connectivity index (χ1v) is 7.80. The van der Waals surface area contributed by atoms with Crippen molar-refractivity contribution in [2.24, 2.45) is 0 Å². The van der Waals surface area contributed by atoms with Crippen LogP contribution in [0.2, 0.25) is 0 Å². The molecule has 0 bridgehead atoms. The van der Waals surface area contributed by atoms with Gasteiger partial charge < -0.3 is 5.32 Å². The van der Waals surface area contributed by atoms with E-state index in [9.17, 15) is 9.59 Å². The monoisotopic (exact) mass is 306 g/mol. The number of anilines is 1. The summed E-state index contributed by atoms with van der Waals surface area (Å²) in [6.07, 6.45) is 6.22. The molecule has 1 heterocycles. The lowest BCUT2D eigenvalue weighted by Crippen LogP contribution is -2.22. The summed E-state index contributed by atoms with van der Waals surface area (Å²) in [7, 11) is 0. The minimum Gasteiger partial charge on any atom is -0.352 e. The molecule has 1 N–H and O–H groups in total. The van der Waals surface area contributed by atoms with Crippen LogP contribution < -0.4 is 5.32 Å². The summed E-state index contributed by atoms with van der Waals surface area (Å²) in [5, 5.41) is 3.05. The van der Waals surface area contributed by atoms with Gasteiger partial charge >= 0.3 is 0 Å². The van der Waals surface area contributed by atoms with E-state index in [1.807, 2.05) is 24.3 Å². The van der Waals surface area contributed by atoms with Crippen LogP contribution in [0.3, 0.4) is 0 Å². The number of Topliss-reactive ketones (excluding diaryl/α,β-unsaturated/α-hetero) is 1. The Labute approximate surface area is 135 Å². The number of carbonyl (C=O) groups is 2. The summed E-state index contributed by atoms with van der Waals surface area (Å²) in [6.45, 7) is 2.17. The first kappa shape index (κ1) is 15.2. The van der Waals surface area contributed by atoms with E-state index in [0.29, 0.717) is 5.56 Å². The van der Waals surface area contributed by atoms with Crippen LogP contribution in [0.5, 0.6) is 0 Å². The Morgan fingerprint density at radius 1 is 1.09 bits per heavy atom. The van der Waals surface area contributed by atoms with Gasteiger partial charge in [-0.3, -0.25) is 14.6 Å². The third kappa shape index (κ3) is 3.21. The van der Waals surface area contributed by atoms with Crippen molar-refractivity contribution in [3.8, 4) is 0 Å². The zero-order chi connectivity index (χ0) is 16.2. The number of nitrogens with zero attached hydrogens (tertiary/aromatic N) is 1. The maximum atomic E-state index is 12.5. The van der Waals surface area contributed by atoms with Crippen LogP contribution in [0.4, 0.5) is 5.69 Å². The molecule has 3 rings (SSSR count). The van der Waals surface area contributed by atoms with Gasteiger partial charge in [0.2, 0.25) is 11.6 Å². The normalized spacial score (nSPS) is 13.5. The van der Waals surface area contributed by atoms with Gasteiger partial charge in [-0.2, -0.15) is 0 Å². The average molecular weight is 306 g/mol. The van der Waals surface area contributed by atoms with E-state index < -0.39 is 0 Å². The molecule has 0 spiro atoms. The second kappa shape index (κ2) is 6.57. The molecule has 23 heavy (non-hydrogen) atoms. The van der Waals surface area contributed by atoms with E-state index in [1.54, 1.807) is 12.1 Å². The summed E-state index contributed by atoms with van der Waals surface area (Å²) >= 11 is 0. The van der Waals surface area contributed by atoms with Gasteiger partial charge in [-0.1, -0.05) is 25.5 Å². The predicted molar refractivity (Wildman–Crippen MR) is 89.7 cm³/mol. The van der Waals surface area contributed by atoms with E-state index >= 15 is 0 Å². The quantitative estimate of drug-likeness (QED) is 0.913. The van der Waals surface area contributed by atoms with Crippen molar-refractivity contribution >= 4 is 17.3 Å². The number of hydrogen-bond acceptors (Lipinski definition) is 4. The van der Waals surface area contributed by atoms with Crippen molar-refractivity contribution in [3.63, 3.8) is 0 Å². The minimum atomic E-state index is -0.248. The van der Waals surface area contributed by atoms with Gasteiger partial charge in [-0.25, -0.2) is 0 Å². The van der Waals surface area contributed by atoms with Crippen molar-refractivity contribution in [2.75, 3.05) is 5.32 Å². The highest BCUT2D eigenvalue weighted by Gasteiger charge is 2.26. The Kier molecular flexibility index (Phi) is 4.33. The molecule has 0 radical (unpaired) electrons. The third-order valence-electron chi connectivity index (χ3n) is 3.86. The largest absolute Gasteiger partial charge is 0.352 e. The lowest BCUT2D eigenvalue weighted by atomic mass is 9.97. The summed E-state index contributed by atoms with van der Waals surface area (Å²) in [6, 6.07) is 11.2. The van der Waals surface area contributed by atoms with Gasteiger partial charge in [0.25, 0.3) is 0 Å². The molecule has 0 saturated carbocycles. The SMILES string of the molecule is CCCCc1ccc(NC2=CC(=O)c3ncccc3C2=O)cc1. The fourth-order valence-electron chi connectivity index (χ4n) is 2.58. The van der Waals surface area contributed by atoms with Crippen LogP contribution in [0.1, 0.15) is 46.2 Å². The number of fused-ring (bicyclic) bond motifs is 1. The molecule has 1 aliphatic rings. The molecule has 1 aromatic heterocycles. The molecule has 0 saturated heterocycles. The number of rotatable bonds is 5. The predicted octanol–water partition coefficient (Wildman–Crippen LogP) is 3.80. The number of pyridine rings is 1. The van der Waals surface area contributed by atoms with Gasteiger partial charge in [-0.05, 0) is 42.7 Å². The summed E-state index contributed by atoms with van der Waals surface area (Å²) < 4.78 is 0. The second-order valence-electron chi connectivity index (χ2n) is 5.58. The highest BCUT2D eigenvalue weighted by Crippen LogP contribution is 2.21. The number of aryl methyl sites for hydroxylation is 1. The number of allylic oxidation sites excluding steroid dienone is 2. The number of unbranched alkanes of at least 4 members (excludes halogenated alkanes) is 1. The van der Waals surface area contributed by atoms with Crippen LogP contribution in [0.25, 0.3) is 0 Å². The summed E-state index contributed by atoms with van der Waals surface area (Å²) in [5.41, 5.74) is 2.92. The smallest absolute Gasteiger partial charge is 0.211 e. The van der Waals surface area contributed by atoms with Crippen LogP contribution in [0.15, 0.2) is 54.4 Å². The van der Waals surface area contributed by atoms with E-state index in [-0.39, 0.29) is 23.0 Å². The topological polar surface area (TPSA) is 59.1 Å². The molecule has 0 aliphatic heterocycles. The van der Waals surface area contributed by atoms with Crippen LogP contribution >= 0.6 is 0 Å². The number of benzene rings is 1. The van der Waals surface area contributed by atoms with Crippen molar-refractivity contribution in [1.82, 2.24) is 4.98 Å². The number of carbonyl (C=O) groups excluding carboxylic acids is 2. The molecule has 1 aromatic carbocycles. The van der Waals surface area contributed by atoms with Crippen molar-refractivity contribution in [3.05, 3.63) is 71.2 Å². The first-order chi connectivity index (χ1) is 11.2. The van der Waals surface area contributed by atoms with Crippen molar-refractivity contribution in [2.45, 2.75) is 26.2 Å². The zero-order valence-corrected chi connectivity index (χ0v) is 13.0. The molecular formula is C19H18N2O2. The van der Waals surface area contributed by atoms with Gasteiger partial charge in [-0.15, -0.1) is 0 Å². The summed E-state index contributed by atoms with van der Waals surface area (Å²) in [5.74, 6) is -0.454. The Balaban J connectivity index is 1.78. The standard InChI is InChI=1S/C19H18N2O2/c1-2-3-5-13-7-9-14(10-8-13)21-16-12-17(22)18-15(19(16)23)6-4-11-20-18/h4,6-12,21H,2-3,5H2,1H3. The molecule has 0 fully saturated rings. The van der Waals surface area contributed by atoms with Crippen LogP contribution in [-0.2, 0) is 6.42 Å². The Morgan fingerprint density at radius 2 is 1.87 bits per heavy atom. The Hall–Kier alpha value is -2.75. The lowest BCUT2D eigenvalue weighted by Gasteiger charge is -2.16. The second-order valence-corrected chi connectivity index (χ2v) is 5.58.